The Morgan fingerprint density at radius 1 is 1.19 bits per heavy atom. The molecule has 1 N–H and O–H groups in total. The molecule has 0 bridgehead atoms. The molecule has 0 saturated carbocycles. The zero-order valence-corrected chi connectivity index (χ0v) is 14.5. The minimum atomic E-state index is -0.384. The summed E-state index contributed by atoms with van der Waals surface area (Å²) in [5, 5.41) is 14.5. The first-order chi connectivity index (χ1) is 12.7. The van der Waals surface area contributed by atoms with Gasteiger partial charge in [0.1, 0.15) is 18.2 Å². The zero-order valence-electron chi connectivity index (χ0n) is 13.7. The largest absolute Gasteiger partial charge is 0.492 e. The van der Waals surface area contributed by atoms with Crippen LogP contribution in [0.3, 0.4) is 0 Å². The number of tetrazole rings is 1. The number of amides is 1. The molecule has 0 spiro atoms. The molecule has 9 heteroatoms. The molecular weight excluding hydrogens is 357 g/mol. The second-order valence-corrected chi connectivity index (χ2v) is 6.10. The lowest BCUT2D eigenvalue weighted by Crippen LogP contribution is -2.29. The van der Waals surface area contributed by atoms with Crippen LogP contribution in [0.2, 0.25) is 0 Å². The predicted octanol–water partition coefficient (Wildman–Crippen LogP) is 2.09. The van der Waals surface area contributed by atoms with Gasteiger partial charge in [-0.3, -0.25) is 4.79 Å². The van der Waals surface area contributed by atoms with E-state index in [0.29, 0.717) is 24.0 Å². The van der Waals surface area contributed by atoms with Crippen LogP contribution in [0.4, 0.5) is 4.39 Å². The van der Waals surface area contributed by atoms with E-state index in [-0.39, 0.29) is 17.5 Å². The smallest absolute Gasteiger partial charge is 0.230 e. The van der Waals surface area contributed by atoms with Crippen molar-refractivity contribution in [3.05, 3.63) is 60.4 Å². The lowest BCUT2D eigenvalue weighted by Gasteiger charge is -2.07. The molecule has 0 atom stereocenters. The van der Waals surface area contributed by atoms with Gasteiger partial charge in [-0.2, -0.15) is 4.68 Å². The number of nitrogens with one attached hydrogen (secondary N) is 1. The lowest BCUT2D eigenvalue weighted by molar-refractivity contribution is -0.118. The number of aromatic nitrogens is 4. The minimum Gasteiger partial charge on any atom is -0.492 e. The van der Waals surface area contributed by atoms with Gasteiger partial charge in [-0.05, 0) is 40.8 Å². The Balaban J connectivity index is 1.44. The number of benzene rings is 2. The van der Waals surface area contributed by atoms with Gasteiger partial charge < -0.3 is 10.1 Å². The molecule has 0 aliphatic heterocycles. The van der Waals surface area contributed by atoms with Crippen LogP contribution in [-0.4, -0.2) is 45.0 Å². The van der Waals surface area contributed by atoms with E-state index in [2.05, 4.69) is 20.8 Å². The monoisotopic (exact) mass is 373 g/mol. The fourth-order valence-electron chi connectivity index (χ4n) is 2.10. The van der Waals surface area contributed by atoms with Crippen LogP contribution < -0.4 is 10.1 Å². The van der Waals surface area contributed by atoms with Crippen molar-refractivity contribution < 1.29 is 13.9 Å². The molecule has 0 saturated heterocycles. The summed E-state index contributed by atoms with van der Waals surface area (Å²) in [6.45, 7) is 0.768. The van der Waals surface area contributed by atoms with Crippen LogP contribution >= 0.6 is 11.8 Å². The van der Waals surface area contributed by atoms with Gasteiger partial charge in [0, 0.05) is 0 Å². The second-order valence-electron chi connectivity index (χ2n) is 5.15. The number of nitrogens with zero attached hydrogens (tertiary/aromatic N) is 4. The Hall–Kier alpha value is -2.94. The number of thioether (sulfide) groups is 1. The van der Waals surface area contributed by atoms with Crippen LogP contribution in [0.25, 0.3) is 5.69 Å². The highest BCUT2D eigenvalue weighted by Gasteiger charge is 2.11. The highest BCUT2D eigenvalue weighted by molar-refractivity contribution is 7.99. The zero-order chi connectivity index (χ0) is 18.2. The molecule has 1 heterocycles. The van der Waals surface area contributed by atoms with Crippen molar-refractivity contribution in [1.29, 1.82) is 0 Å². The maximum atomic E-state index is 13.3. The van der Waals surface area contributed by atoms with Crippen molar-refractivity contribution >= 4 is 17.7 Å². The van der Waals surface area contributed by atoms with Gasteiger partial charge in [-0.15, -0.1) is 5.10 Å². The number of halogens is 1. The number of hydrogen-bond acceptors (Lipinski definition) is 6. The van der Waals surface area contributed by atoms with Crippen LogP contribution in [0.1, 0.15) is 0 Å². The van der Waals surface area contributed by atoms with Gasteiger partial charge in [-0.25, -0.2) is 4.39 Å². The van der Waals surface area contributed by atoms with Gasteiger partial charge >= 0.3 is 0 Å². The molecule has 0 unspecified atom stereocenters. The van der Waals surface area contributed by atoms with Gasteiger partial charge in [0.15, 0.2) is 0 Å². The SMILES string of the molecule is O=C(CSc1nnnn1-c1cccc(F)c1)NCCOc1ccccc1. The number of carbonyl (C=O) groups is 1. The lowest BCUT2D eigenvalue weighted by atomic mass is 10.3. The summed E-state index contributed by atoms with van der Waals surface area (Å²) in [4.78, 5) is 11.9. The molecule has 134 valence electrons. The summed E-state index contributed by atoms with van der Waals surface area (Å²) in [6.07, 6.45) is 0. The minimum absolute atomic E-state index is 0.140. The van der Waals surface area contributed by atoms with Crippen molar-refractivity contribution in [1.82, 2.24) is 25.5 Å². The second kappa shape index (κ2) is 8.95. The molecule has 3 rings (SSSR count). The van der Waals surface area contributed by atoms with Gasteiger partial charge in [0.25, 0.3) is 0 Å². The summed E-state index contributed by atoms with van der Waals surface area (Å²) in [5.74, 6) is 0.344. The number of hydrogen-bond donors (Lipinski definition) is 1. The third-order valence-electron chi connectivity index (χ3n) is 3.26. The highest BCUT2D eigenvalue weighted by atomic mass is 32.2. The van der Waals surface area contributed by atoms with E-state index in [0.717, 1.165) is 5.75 Å². The first-order valence-electron chi connectivity index (χ1n) is 7.84. The molecule has 0 aliphatic carbocycles. The van der Waals surface area contributed by atoms with E-state index in [9.17, 15) is 9.18 Å². The Morgan fingerprint density at radius 3 is 2.85 bits per heavy atom. The average molecular weight is 373 g/mol. The summed E-state index contributed by atoms with van der Waals surface area (Å²) < 4.78 is 20.2. The summed E-state index contributed by atoms with van der Waals surface area (Å²) >= 11 is 1.17. The quantitative estimate of drug-likeness (QED) is 0.481. The predicted molar refractivity (Wildman–Crippen MR) is 94.8 cm³/mol. The first-order valence-corrected chi connectivity index (χ1v) is 8.82. The number of ether oxygens (including phenoxy) is 1. The van der Waals surface area contributed by atoms with E-state index in [1.54, 1.807) is 12.1 Å². The van der Waals surface area contributed by atoms with Crippen molar-refractivity contribution in [2.45, 2.75) is 5.16 Å². The molecule has 2 aromatic carbocycles. The van der Waals surface area contributed by atoms with Gasteiger partial charge in [0.05, 0.1) is 18.0 Å². The normalized spacial score (nSPS) is 10.5. The maximum absolute atomic E-state index is 13.3. The number of rotatable bonds is 8. The summed E-state index contributed by atoms with van der Waals surface area (Å²) in [7, 11) is 0. The average Bonchev–Trinajstić information content (AvgIpc) is 3.13. The number of para-hydroxylation sites is 1. The molecule has 3 aromatic rings. The summed E-state index contributed by atoms with van der Waals surface area (Å²) in [6, 6.07) is 15.3. The topological polar surface area (TPSA) is 81.9 Å². The van der Waals surface area contributed by atoms with Crippen molar-refractivity contribution in [3.8, 4) is 11.4 Å². The Morgan fingerprint density at radius 2 is 2.04 bits per heavy atom. The molecule has 0 aliphatic rings. The van der Waals surface area contributed by atoms with Gasteiger partial charge in [0.2, 0.25) is 11.1 Å². The Bertz CT molecular complexity index is 859. The Kier molecular flexibility index (Phi) is 6.15. The molecular formula is C17H16FN5O2S. The Labute approximate surface area is 153 Å². The van der Waals surface area contributed by atoms with Crippen molar-refractivity contribution in [2.75, 3.05) is 18.9 Å². The third-order valence-corrected chi connectivity index (χ3v) is 4.18. The van der Waals surface area contributed by atoms with Crippen molar-refractivity contribution in [3.63, 3.8) is 0 Å². The molecule has 0 fully saturated rings. The standard InChI is InChI=1S/C17H16FN5O2S/c18-13-5-4-6-14(11-13)23-17(20-21-22-23)26-12-16(24)19-9-10-25-15-7-2-1-3-8-15/h1-8,11H,9-10,12H2,(H,19,24). The first kappa shape index (κ1) is 17.9. The van der Waals surface area contributed by atoms with Crippen LogP contribution in [-0.2, 0) is 4.79 Å². The van der Waals surface area contributed by atoms with E-state index in [1.807, 2.05) is 30.3 Å². The van der Waals surface area contributed by atoms with Crippen LogP contribution in [0, 0.1) is 5.82 Å². The van der Waals surface area contributed by atoms with E-state index in [1.165, 1.54) is 28.6 Å². The van der Waals surface area contributed by atoms with E-state index >= 15 is 0 Å². The third kappa shape index (κ3) is 5.03. The molecule has 7 nitrogen and oxygen atoms in total. The number of carbonyl (C=O) groups excluding carboxylic acids is 1. The van der Waals surface area contributed by atoms with E-state index < -0.39 is 0 Å². The van der Waals surface area contributed by atoms with Crippen LogP contribution in [0.5, 0.6) is 5.75 Å². The van der Waals surface area contributed by atoms with Gasteiger partial charge in [-0.1, -0.05) is 36.0 Å². The molecule has 0 radical (unpaired) electrons. The van der Waals surface area contributed by atoms with Crippen LogP contribution in [0.15, 0.2) is 59.8 Å². The van der Waals surface area contributed by atoms with Crippen molar-refractivity contribution in [2.24, 2.45) is 0 Å². The molecule has 1 aromatic heterocycles. The molecule has 1 amide bonds. The highest BCUT2D eigenvalue weighted by Crippen LogP contribution is 2.18. The maximum Gasteiger partial charge on any atom is 0.230 e. The molecule has 26 heavy (non-hydrogen) atoms. The fourth-order valence-corrected chi connectivity index (χ4v) is 2.82. The fraction of sp³-hybridized carbons (Fsp3) is 0.176. The summed E-state index contributed by atoms with van der Waals surface area (Å²) in [5.41, 5.74) is 0.495. The van der Waals surface area contributed by atoms with E-state index in [4.69, 9.17) is 4.74 Å².